The first kappa shape index (κ1) is 15.8. The van der Waals surface area contributed by atoms with E-state index in [4.69, 9.17) is 9.84 Å². The second-order valence-electron chi connectivity index (χ2n) is 6.70. The van der Waals surface area contributed by atoms with Gasteiger partial charge in [-0.15, -0.1) is 0 Å². The van der Waals surface area contributed by atoms with Crippen molar-refractivity contribution in [3.8, 4) is 5.75 Å². The van der Waals surface area contributed by atoms with Gasteiger partial charge in [-0.1, -0.05) is 18.6 Å². The van der Waals surface area contributed by atoms with E-state index >= 15 is 0 Å². The Morgan fingerprint density at radius 2 is 2.09 bits per heavy atom. The molecule has 1 heterocycles. The average Bonchev–Trinajstić information content (AvgIpc) is 2.97. The van der Waals surface area contributed by atoms with Crippen molar-refractivity contribution in [2.45, 2.75) is 38.0 Å². The van der Waals surface area contributed by atoms with Crippen LogP contribution in [-0.2, 0) is 15.0 Å². The third kappa shape index (κ3) is 2.58. The summed E-state index contributed by atoms with van der Waals surface area (Å²) in [5, 5.41) is 9.15. The van der Waals surface area contributed by atoms with Crippen LogP contribution in [0.25, 0.3) is 0 Å². The van der Waals surface area contributed by atoms with Crippen LogP contribution in [-0.4, -0.2) is 42.1 Å². The summed E-state index contributed by atoms with van der Waals surface area (Å²) in [5.41, 5.74) is 1.55. The van der Waals surface area contributed by atoms with Crippen molar-refractivity contribution in [2.24, 2.45) is 5.92 Å². The molecule has 124 valence electrons. The molecule has 1 N–H and O–H groups in total. The van der Waals surface area contributed by atoms with Gasteiger partial charge >= 0.3 is 5.97 Å². The molecule has 0 bridgehead atoms. The van der Waals surface area contributed by atoms with Crippen LogP contribution in [0.15, 0.2) is 18.2 Å². The van der Waals surface area contributed by atoms with Crippen molar-refractivity contribution < 1.29 is 19.4 Å². The maximum atomic E-state index is 13.1. The third-order valence-corrected chi connectivity index (χ3v) is 5.40. The number of carbonyl (C=O) groups excluding carboxylic acids is 1. The molecule has 0 spiro atoms. The SMILES string of the molecule is COc1cc(C2(C(=O)N3CCC(C(=O)O)C3)CCC2)ccc1C. The standard InChI is InChI=1S/C18H23NO4/c1-12-4-5-14(10-15(12)23-2)18(7-3-8-18)17(22)19-9-6-13(11-19)16(20)21/h4-5,10,13H,3,6-9,11H2,1-2H3,(H,20,21). The Bertz CT molecular complexity index is 636. The Morgan fingerprint density at radius 1 is 1.35 bits per heavy atom. The number of ether oxygens (including phenoxy) is 1. The fourth-order valence-corrected chi connectivity index (χ4v) is 3.72. The van der Waals surface area contributed by atoms with Gasteiger partial charge in [-0.3, -0.25) is 9.59 Å². The summed E-state index contributed by atoms with van der Waals surface area (Å²) in [7, 11) is 1.64. The van der Waals surface area contributed by atoms with Gasteiger partial charge < -0.3 is 14.7 Å². The number of likely N-dealkylation sites (tertiary alicyclic amines) is 1. The highest BCUT2D eigenvalue weighted by Crippen LogP contribution is 2.47. The maximum Gasteiger partial charge on any atom is 0.308 e. The average molecular weight is 317 g/mol. The van der Waals surface area contributed by atoms with Crippen LogP contribution in [0.5, 0.6) is 5.75 Å². The highest BCUT2D eigenvalue weighted by Gasteiger charge is 2.49. The Hall–Kier alpha value is -2.04. The lowest BCUT2D eigenvalue weighted by Gasteiger charge is -2.43. The molecule has 3 rings (SSSR count). The van der Waals surface area contributed by atoms with E-state index in [-0.39, 0.29) is 5.91 Å². The summed E-state index contributed by atoms with van der Waals surface area (Å²) in [6.07, 6.45) is 3.23. The number of hydrogen-bond acceptors (Lipinski definition) is 3. The Balaban J connectivity index is 1.86. The smallest absolute Gasteiger partial charge is 0.308 e. The van der Waals surface area contributed by atoms with Gasteiger partial charge in [0.05, 0.1) is 18.4 Å². The number of nitrogens with zero attached hydrogens (tertiary/aromatic N) is 1. The van der Waals surface area contributed by atoms with Crippen LogP contribution in [0.3, 0.4) is 0 Å². The van der Waals surface area contributed by atoms with E-state index in [0.29, 0.717) is 19.5 Å². The lowest BCUT2D eigenvalue weighted by atomic mass is 9.63. The predicted molar refractivity (Wildman–Crippen MR) is 85.6 cm³/mol. The number of carbonyl (C=O) groups is 2. The first-order valence-corrected chi connectivity index (χ1v) is 8.15. The molecule has 5 nitrogen and oxygen atoms in total. The van der Waals surface area contributed by atoms with E-state index in [1.807, 2.05) is 25.1 Å². The minimum absolute atomic E-state index is 0.0819. The summed E-state index contributed by atoms with van der Waals surface area (Å²) in [6.45, 7) is 2.86. The molecule has 1 saturated carbocycles. The van der Waals surface area contributed by atoms with Crippen molar-refractivity contribution in [3.05, 3.63) is 29.3 Å². The van der Waals surface area contributed by atoms with Crippen LogP contribution in [0.1, 0.15) is 36.8 Å². The number of carboxylic acids is 1. The van der Waals surface area contributed by atoms with E-state index in [1.54, 1.807) is 12.0 Å². The summed E-state index contributed by atoms with van der Waals surface area (Å²) >= 11 is 0. The molecular formula is C18H23NO4. The quantitative estimate of drug-likeness (QED) is 0.926. The molecule has 1 amide bonds. The molecule has 1 atom stereocenters. The van der Waals surface area contributed by atoms with E-state index in [0.717, 1.165) is 36.1 Å². The van der Waals surface area contributed by atoms with Crippen molar-refractivity contribution in [1.29, 1.82) is 0 Å². The topological polar surface area (TPSA) is 66.8 Å². The normalized spacial score (nSPS) is 22.5. The van der Waals surface area contributed by atoms with Gasteiger partial charge in [0.1, 0.15) is 5.75 Å². The third-order valence-electron chi connectivity index (χ3n) is 5.40. The van der Waals surface area contributed by atoms with E-state index in [9.17, 15) is 9.59 Å². The fraction of sp³-hybridized carbons (Fsp3) is 0.556. The van der Waals surface area contributed by atoms with E-state index in [1.165, 1.54) is 0 Å². The van der Waals surface area contributed by atoms with Gasteiger partial charge in [-0.25, -0.2) is 0 Å². The molecule has 5 heteroatoms. The van der Waals surface area contributed by atoms with Gasteiger partial charge in [0.15, 0.2) is 0 Å². The van der Waals surface area contributed by atoms with Gasteiger partial charge in [-0.2, -0.15) is 0 Å². The molecule has 0 radical (unpaired) electrons. The molecule has 1 aliphatic heterocycles. The molecule has 1 unspecified atom stereocenters. The molecule has 1 aliphatic carbocycles. The second kappa shape index (κ2) is 5.87. The highest BCUT2D eigenvalue weighted by atomic mass is 16.5. The molecule has 2 fully saturated rings. The van der Waals surface area contributed by atoms with Gasteiger partial charge in [-0.05, 0) is 43.4 Å². The summed E-state index contributed by atoms with van der Waals surface area (Å²) in [4.78, 5) is 26.0. The first-order chi connectivity index (χ1) is 11.0. The van der Waals surface area contributed by atoms with E-state index < -0.39 is 17.3 Å². The summed E-state index contributed by atoms with van der Waals surface area (Å²) in [6, 6.07) is 5.97. The number of hydrogen-bond donors (Lipinski definition) is 1. The highest BCUT2D eigenvalue weighted by molar-refractivity contribution is 5.90. The number of amides is 1. The zero-order chi connectivity index (χ0) is 16.6. The van der Waals surface area contributed by atoms with Crippen molar-refractivity contribution in [3.63, 3.8) is 0 Å². The number of aliphatic carboxylic acids is 1. The first-order valence-electron chi connectivity index (χ1n) is 8.15. The molecule has 1 saturated heterocycles. The largest absolute Gasteiger partial charge is 0.496 e. The zero-order valence-corrected chi connectivity index (χ0v) is 13.7. The Morgan fingerprint density at radius 3 is 2.61 bits per heavy atom. The minimum atomic E-state index is -0.806. The van der Waals surface area contributed by atoms with Crippen LogP contribution in [0, 0.1) is 12.8 Å². The van der Waals surface area contributed by atoms with Crippen molar-refractivity contribution in [2.75, 3.05) is 20.2 Å². The molecule has 23 heavy (non-hydrogen) atoms. The van der Waals surface area contributed by atoms with Crippen LogP contribution in [0.2, 0.25) is 0 Å². The number of rotatable bonds is 4. The zero-order valence-electron chi connectivity index (χ0n) is 13.7. The number of carboxylic acid groups (broad SMARTS) is 1. The Labute approximate surface area is 136 Å². The molecule has 1 aromatic carbocycles. The Kier molecular flexibility index (Phi) is 4.04. The number of aryl methyl sites for hydroxylation is 1. The van der Waals surface area contributed by atoms with Crippen molar-refractivity contribution >= 4 is 11.9 Å². The number of methoxy groups -OCH3 is 1. The minimum Gasteiger partial charge on any atom is -0.496 e. The lowest BCUT2D eigenvalue weighted by Crippen LogP contribution is -2.50. The van der Waals surface area contributed by atoms with Crippen LogP contribution < -0.4 is 4.74 Å². The van der Waals surface area contributed by atoms with Gasteiger partial charge in [0, 0.05) is 13.1 Å². The molecule has 1 aromatic rings. The predicted octanol–water partition coefficient (Wildman–Crippen LogP) is 2.36. The number of benzene rings is 1. The van der Waals surface area contributed by atoms with Crippen LogP contribution >= 0.6 is 0 Å². The van der Waals surface area contributed by atoms with E-state index in [2.05, 4.69) is 0 Å². The second-order valence-corrected chi connectivity index (χ2v) is 6.70. The van der Waals surface area contributed by atoms with Crippen molar-refractivity contribution in [1.82, 2.24) is 4.90 Å². The molecule has 0 aromatic heterocycles. The molecule has 2 aliphatic rings. The summed E-state index contributed by atoms with van der Waals surface area (Å²) in [5.74, 6) is -0.353. The van der Waals surface area contributed by atoms with Crippen LogP contribution in [0.4, 0.5) is 0 Å². The monoisotopic (exact) mass is 317 g/mol. The molecular weight excluding hydrogens is 294 g/mol. The lowest BCUT2D eigenvalue weighted by molar-refractivity contribution is -0.142. The van der Waals surface area contributed by atoms with Gasteiger partial charge in [0.25, 0.3) is 0 Å². The van der Waals surface area contributed by atoms with Gasteiger partial charge in [0.2, 0.25) is 5.91 Å². The fourth-order valence-electron chi connectivity index (χ4n) is 3.72. The summed E-state index contributed by atoms with van der Waals surface area (Å²) < 4.78 is 5.40. The maximum absolute atomic E-state index is 13.1.